The first-order valence-corrected chi connectivity index (χ1v) is 8.89. The molecule has 0 aromatic heterocycles. The number of amides is 2. The van der Waals surface area contributed by atoms with E-state index < -0.39 is 4.92 Å². The van der Waals surface area contributed by atoms with Gasteiger partial charge in [0.05, 0.1) is 23.0 Å². The number of hydrogen-bond donors (Lipinski definition) is 0. The van der Waals surface area contributed by atoms with Gasteiger partial charge in [0.2, 0.25) is 0 Å². The molecule has 2 saturated carbocycles. The smallest absolute Gasteiger partial charge is 0.272 e. The van der Waals surface area contributed by atoms with E-state index in [1.54, 1.807) is 6.07 Å². The summed E-state index contributed by atoms with van der Waals surface area (Å²) in [5.74, 6) is 0.216. The molecule has 6 rings (SSSR count). The minimum Gasteiger partial charge on any atom is -0.272 e. The van der Waals surface area contributed by atoms with Crippen LogP contribution in [-0.2, 0) is 9.59 Å². The van der Waals surface area contributed by atoms with Gasteiger partial charge in [0.25, 0.3) is 17.5 Å². The predicted octanol–water partition coefficient (Wildman–Crippen LogP) is 2.64. The molecule has 1 saturated heterocycles. The second-order valence-electron chi connectivity index (χ2n) is 7.36. The lowest BCUT2D eigenvalue weighted by Crippen LogP contribution is -2.40. The van der Waals surface area contributed by atoms with Crippen LogP contribution in [0.3, 0.4) is 0 Å². The van der Waals surface area contributed by atoms with E-state index in [1.165, 1.54) is 18.3 Å². The van der Waals surface area contributed by atoms with Crippen LogP contribution in [0.5, 0.6) is 0 Å². The van der Waals surface area contributed by atoms with Crippen LogP contribution in [0, 0.1) is 45.6 Å². The zero-order valence-electron chi connectivity index (χ0n) is 13.5. The first kappa shape index (κ1) is 15.7. The topological polar surface area (TPSA) is 92.9 Å². The molecule has 8 heteroatoms. The number of allylic oxidation sites excluding steroid dienone is 2. The van der Waals surface area contributed by atoms with Gasteiger partial charge in [0, 0.05) is 11.6 Å². The molecule has 1 aromatic carbocycles. The van der Waals surface area contributed by atoms with Crippen LogP contribution in [0.2, 0.25) is 5.02 Å². The highest BCUT2D eigenvalue weighted by atomic mass is 35.5. The number of benzene rings is 1. The van der Waals surface area contributed by atoms with Gasteiger partial charge >= 0.3 is 0 Å². The molecule has 3 fully saturated rings. The Bertz CT molecular complexity index is 891. The molecule has 5 aliphatic rings. The van der Waals surface area contributed by atoms with Crippen LogP contribution in [0.15, 0.2) is 35.5 Å². The molecule has 26 heavy (non-hydrogen) atoms. The average molecular weight is 372 g/mol. The third-order valence-corrected chi connectivity index (χ3v) is 6.45. The van der Waals surface area contributed by atoms with Crippen molar-refractivity contribution in [1.29, 1.82) is 0 Å². The number of nitrogens with zero attached hydrogens (tertiary/aromatic N) is 3. The number of hydrogen-bond acceptors (Lipinski definition) is 5. The quantitative estimate of drug-likeness (QED) is 0.268. The SMILES string of the molecule is O=C1[C@@H]2[C@H]3C=C[C@@H]([C@@H]4C[C@H]34)[C@@H]2C(=O)N1/N=C\c1ccc(Cl)c([N+](=O)[O-])c1. The summed E-state index contributed by atoms with van der Waals surface area (Å²) in [5.41, 5.74) is 0.159. The lowest BCUT2D eigenvalue weighted by Gasteiger charge is -2.37. The Balaban J connectivity index is 1.43. The van der Waals surface area contributed by atoms with Crippen molar-refractivity contribution in [2.45, 2.75) is 6.42 Å². The fraction of sp³-hybridized carbons (Fsp3) is 0.389. The number of imide groups is 1. The molecule has 1 aliphatic heterocycles. The van der Waals surface area contributed by atoms with Gasteiger partial charge in [-0.15, -0.1) is 0 Å². The average Bonchev–Trinajstić information content (AvgIpc) is 3.40. The van der Waals surface area contributed by atoms with Crippen molar-refractivity contribution in [2.75, 3.05) is 0 Å². The zero-order chi connectivity index (χ0) is 18.2. The Labute approximate surface area is 153 Å². The Morgan fingerprint density at radius 2 is 1.77 bits per heavy atom. The first-order valence-electron chi connectivity index (χ1n) is 8.51. The van der Waals surface area contributed by atoms with Crippen LogP contribution in [0.25, 0.3) is 0 Å². The number of hydrazone groups is 1. The fourth-order valence-electron chi connectivity index (χ4n) is 4.93. The predicted molar refractivity (Wildman–Crippen MR) is 92.3 cm³/mol. The van der Waals surface area contributed by atoms with Gasteiger partial charge < -0.3 is 0 Å². The van der Waals surface area contributed by atoms with Gasteiger partial charge in [-0.25, -0.2) is 0 Å². The van der Waals surface area contributed by atoms with Gasteiger partial charge in [0.15, 0.2) is 0 Å². The molecule has 1 aromatic rings. The Hall–Kier alpha value is -2.54. The highest BCUT2D eigenvalue weighted by Crippen LogP contribution is 2.65. The maximum absolute atomic E-state index is 12.8. The van der Waals surface area contributed by atoms with E-state index in [1.807, 2.05) is 0 Å². The molecule has 0 radical (unpaired) electrons. The summed E-state index contributed by atoms with van der Waals surface area (Å²) in [6, 6.07) is 4.22. The summed E-state index contributed by atoms with van der Waals surface area (Å²) in [6.07, 6.45) is 6.60. The van der Waals surface area contributed by atoms with E-state index in [-0.39, 0.29) is 46.2 Å². The normalized spacial score (nSPS) is 36.6. The second-order valence-corrected chi connectivity index (χ2v) is 7.76. The minimum absolute atomic E-state index is 0.0216. The summed E-state index contributed by atoms with van der Waals surface area (Å²) in [6.45, 7) is 0. The standard InChI is InChI=1S/C18H14ClN3O4/c19-13-4-1-8(5-14(13)22(25)26)7-20-21-17(23)15-9-2-3-10(12-6-11(9)12)16(15)18(21)24/h1-5,7,9-12,15-16H,6H2/b20-7-/t9-,10-,11-,12+,15-,16+/m0/s1. The van der Waals surface area contributed by atoms with E-state index in [4.69, 9.17) is 11.6 Å². The molecular formula is C18H14ClN3O4. The van der Waals surface area contributed by atoms with Crippen LogP contribution < -0.4 is 0 Å². The maximum Gasteiger partial charge on any atom is 0.288 e. The first-order chi connectivity index (χ1) is 12.5. The Kier molecular flexibility index (Phi) is 3.16. The van der Waals surface area contributed by atoms with Gasteiger partial charge in [-0.05, 0) is 36.2 Å². The summed E-state index contributed by atoms with van der Waals surface area (Å²) in [5, 5.41) is 16.0. The van der Waals surface area contributed by atoms with E-state index in [9.17, 15) is 19.7 Å². The number of carbonyl (C=O) groups is 2. The van der Waals surface area contributed by atoms with Crippen molar-refractivity contribution in [3.05, 3.63) is 51.1 Å². The summed E-state index contributed by atoms with van der Waals surface area (Å²) < 4.78 is 0. The third kappa shape index (κ3) is 2.03. The number of nitro benzene ring substituents is 1. The molecule has 132 valence electrons. The molecule has 7 nitrogen and oxygen atoms in total. The molecule has 6 atom stereocenters. The van der Waals surface area contributed by atoms with E-state index in [2.05, 4.69) is 17.3 Å². The number of carbonyl (C=O) groups excluding carboxylic acids is 2. The van der Waals surface area contributed by atoms with Crippen LogP contribution in [-0.4, -0.2) is 28.0 Å². The molecule has 0 N–H and O–H groups in total. The summed E-state index contributed by atoms with van der Waals surface area (Å²) in [7, 11) is 0. The fourth-order valence-corrected chi connectivity index (χ4v) is 5.12. The van der Waals surface area contributed by atoms with Crippen LogP contribution in [0.4, 0.5) is 5.69 Å². The van der Waals surface area contributed by atoms with Crippen LogP contribution in [0.1, 0.15) is 12.0 Å². The lowest BCUT2D eigenvalue weighted by molar-refractivity contribution is -0.384. The van der Waals surface area contributed by atoms with Crippen molar-refractivity contribution >= 4 is 35.3 Å². The zero-order valence-corrected chi connectivity index (χ0v) is 14.2. The Morgan fingerprint density at radius 1 is 1.15 bits per heavy atom. The minimum atomic E-state index is -0.587. The largest absolute Gasteiger partial charge is 0.288 e. The highest BCUT2D eigenvalue weighted by molar-refractivity contribution is 6.32. The number of nitro groups is 1. The van der Waals surface area contributed by atoms with Crippen LogP contribution >= 0.6 is 11.6 Å². The van der Waals surface area contributed by atoms with Crippen molar-refractivity contribution in [1.82, 2.24) is 5.01 Å². The van der Waals surface area contributed by atoms with E-state index in [0.717, 1.165) is 11.4 Å². The molecule has 4 aliphatic carbocycles. The van der Waals surface area contributed by atoms with Gasteiger partial charge in [0.1, 0.15) is 5.02 Å². The van der Waals surface area contributed by atoms with Gasteiger partial charge in [-0.2, -0.15) is 10.1 Å². The highest BCUT2D eigenvalue weighted by Gasteiger charge is 2.67. The van der Waals surface area contributed by atoms with Crippen molar-refractivity contribution < 1.29 is 14.5 Å². The Morgan fingerprint density at radius 3 is 2.35 bits per heavy atom. The van der Waals surface area contributed by atoms with E-state index in [0.29, 0.717) is 17.4 Å². The maximum atomic E-state index is 12.8. The molecule has 0 spiro atoms. The lowest BCUT2D eigenvalue weighted by atomic mass is 9.63. The third-order valence-electron chi connectivity index (χ3n) is 6.13. The van der Waals surface area contributed by atoms with Gasteiger partial charge in [-0.1, -0.05) is 29.8 Å². The second kappa shape index (κ2) is 5.23. The summed E-state index contributed by atoms with van der Waals surface area (Å²) in [4.78, 5) is 36.0. The van der Waals surface area contributed by atoms with Crippen molar-refractivity contribution in [2.24, 2.45) is 40.6 Å². The number of rotatable bonds is 3. The van der Waals surface area contributed by atoms with Crippen molar-refractivity contribution in [3.8, 4) is 0 Å². The molecule has 2 bridgehead atoms. The van der Waals surface area contributed by atoms with Crippen molar-refractivity contribution in [3.63, 3.8) is 0 Å². The monoisotopic (exact) mass is 371 g/mol. The summed E-state index contributed by atoms with van der Waals surface area (Å²) >= 11 is 5.79. The van der Waals surface area contributed by atoms with E-state index >= 15 is 0 Å². The molecule has 0 unspecified atom stereocenters. The number of halogens is 1. The molecule has 1 heterocycles. The molecular weight excluding hydrogens is 358 g/mol. The van der Waals surface area contributed by atoms with Gasteiger partial charge in [-0.3, -0.25) is 19.7 Å². The molecule has 2 amide bonds.